The number of carbonyl (C=O) groups excluding carboxylic acids is 3. The van der Waals surface area contributed by atoms with Crippen LogP contribution < -0.4 is 21.7 Å². The number of nitrogens with one attached hydrogen (secondary N) is 3. The third kappa shape index (κ3) is 9.53. The second-order valence-electron chi connectivity index (χ2n) is 5.86. The molecule has 4 atom stereocenters. The van der Waals surface area contributed by atoms with Gasteiger partial charge in [-0.2, -0.15) is 11.8 Å². The van der Waals surface area contributed by atoms with E-state index in [1.807, 2.05) is 6.26 Å². The second kappa shape index (κ2) is 12.9. The van der Waals surface area contributed by atoms with Gasteiger partial charge < -0.3 is 37.0 Å². The number of thioether (sulfide) groups is 1. The fourth-order valence-corrected chi connectivity index (χ4v) is 2.37. The number of nitrogens with two attached hydrogens (primary N) is 1. The zero-order valence-corrected chi connectivity index (χ0v) is 16.3. The first kappa shape index (κ1) is 25.6. The zero-order chi connectivity index (χ0) is 21.9. The van der Waals surface area contributed by atoms with E-state index in [9.17, 15) is 29.1 Å². The van der Waals surface area contributed by atoms with Crippen molar-refractivity contribution in [1.82, 2.24) is 16.0 Å². The van der Waals surface area contributed by atoms with Gasteiger partial charge in [0.1, 0.15) is 18.1 Å². The molecule has 0 aliphatic heterocycles. The molecule has 0 aromatic rings. The molecule has 0 spiro atoms. The largest absolute Gasteiger partial charge is 0.481 e. The van der Waals surface area contributed by atoms with E-state index >= 15 is 0 Å². The van der Waals surface area contributed by atoms with Gasteiger partial charge in [-0.1, -0.05) is 0 Å². The smallest absolute Gasteiger partial charge is 0.325 e. The lowest BCUT2D eigenvalue weighted by atomic mass is 10.1. The number of hydrogen-bond donors (Lipinski definition) is 7. The quantitative estimate of drug-likeness (QED) is 0.161. The average molecular weight is 422 g/mol. The Balaban J connectivity index is 5.07. The van der Waals surface area contributed by atoms with Crippen LogP contribution in [-0.2, 0) is 24.0 Å². The molecular weight excluding hydrogens is 396 g/mol. The molecule has 0 rings (SSSR count). The minimum absolute atomic E-state index is 0.309. The number of aliphatic hydroxyl groups excluding tert-OH is 1. The molecule has 0 aliphatic rings. The van der Waals surface area contributed by atoms with Gasteiger partial charge >= 0.3 is 11.9 Å². The second-order valence-corrected chi connectivity index (χ2v) is 6.84. The van der Waals surface area contributed by atoms with E-state index < -0.39 is 66.9 Å². The van der Waals surface area contributed by atoms with E-state index in [4.69, 9.17) is 15.9 Å². The molecule has 12 nitrogen and oxygen atoms in total. The van der Waals surface area contributed by atoms with Crippen LogP contribution in [0.4, 0.5) is 0 Å². The SMILES string of the molecule is CSCCC(N)C(=O)NC(CC(=O)O)C(=O)NC(CO)C(=O)NC(C)C(=O)O. The van der Waals surface area contributed by atoms with Crippen molar-refractivity contribution < 1.29 is 39.3 Å². The molecule has 0 aromatic carbocycles. The maximum absolute atomic E-state index is 12.3. The molecule has 8 N–H and O–H groups in total. The van der Waals surface area contributed by atoms with Crippen LogP contribution in [-0.4, -0.2) is 87.8 Å². The van der Waals surface area contributed by atoms with E-state index in [1.165, 1.54) is 18.7 Å². The summed E-state index contributed by atoms with van der Waals surface area (Å²) < 4.78 is 0. The highest BCUT2D eigenvalue weighted by Gasteiger charge is 2.30. The molecule has 0 aromatic heterocycles. The van der Waals surface area contributed by atoms with Crippen molar-refractivity contribution in [3.8, 4) is 0 Å². The van der Waals surface area contributed by atoms with Gasteiger partial charge in [-0.05, 0) is 25.4 Å². The number of rotatable bonds is 13. The first-order valence-electron chi connectivity index (χ1n) is 8.24. The van der Waals surface area contributed by atoms with Gasteiger partial charge in [0, 0.05) is 0 Å². The Morgan fingerprint density at radius 3 is 1.96 bits per heavy atom. The fraction of sp³-hybridized carbons (Fsp3) is 0.667. The van der Waals surface area contributed by atoms with Crippen molar-refractivity contribution in [3.63, 3.8) is 0 Å². The lowest BCUT2D eigenvalue weighted by Crippen LogP contribution is -2.58. The van der Waals surface area contributed by atoms with E-state index in [1.54, 1.807) is 0 Å². The summed E-state index contributed by atoms with van der Waals surface area (Å²) in [6.07, 6.45) is 1.35. The normalized spacial score (nSPS) is 14.9. The first-order valence-corrected chi connectivity index (χ1v) is 9.63. The topological polar surface area (TPSA) is 208 Å². The van der Waals surface area contributed by atoms with Gasteiger partial charge in [-0.3, -0.25) is 24.0 Å². The lowest BCUT2D eigenvalue weighted by molar-refractivity contribution is -0.143. The van der Waals surface area contributed by atoms with Crippen LogP contribution in [0.25, 0.3) is 0 Å². The Hall–Kier alpha value is -2.38. The summed E-state index contributed by atoms with van der Waals surface area (Å²) >= 11 is 1.46. The maximum Gasteiger partial charge on any atom is 0.325 e. The van der Waals surface area contributed by atoms with Crippen LogP contribution in [0.15, 0.2) is 0 Å². The van der Waals surface area contributed by atoms with Crippen LogP contribution in [0.5, 0.6) is 0 Å². The Kier molecular flexibility index (Phi) is 11.8. The molecule has 3 amide bonds. The van der Waals surface area contributed by atoms with Crippen LogP contribution in [0.1, 0.15) is 19.8 Å². The summed E-state index contributed by atoms with van der Waals surface area (Å²) in [4.78, 5) is 58.0. The highest BCUT2D eigenvalue weighted by atomic mass is 32.2. The summed E-state index contributed by atoms with van der Waals surface area (Å²) in [5, 5.41) is 33.4. The molecule has 28 heavy (non-hydrogen) atoms. The number of carboxylic acid groups (broad SMARTS) is 2. The molecule has 0 fully saturated rings. The van der Waals surface area contributed by atoms with Gasteiger partial charge in [0.05, 0.1) is 19.1 Å². The van der Waals surface area contributed by atoms with Crippen molar-refractivity contribution in [2.24, 2.45) is 5.73 Å². The molecule has 160 valence electrons. The van der Waals surface area contributed by atoms with Crippen LogP contribution in [0.3, 0.4) is 0 Å². The summed E-state index contributed by atoms with van der Waals surface area (Å²) in [6, 6.07) is -5.30. The first-order chi connectivity index (χ1) is 13.0. The highest BCUT2D eigenvalue weighted by molar-refractivity contribution is 7.98. The summed E-state index contributed by atoms with van der Waals surface area (Å²) in [5.74, 6) is -4.89. The van der Waals surface area contributed by atoms with E-state index in [0.29, 0.717) is 12.2 Å². The molecule has 0 saturated heterocycles. The predicted molar refractivity (Wildman–Crippen MR) is 99.4 cm³/mol. The van der Waals surface area contributed by atoms with Crippen molar-refractivity contribution in [1.29, 1.82) is 0 Å². The number of aliphatic hydroxyl groups is 1. The minimum Gasteiger partial charge on any atom is -0.481 e. The number of aliphatic carboxylic acids is 2. The van der Waals surface area contributed by atoms with E-state index in [-0.39, 0.29) is 0 Å². The van der Waals surface area contributed by atoms with Crippen molar-refractivity contribution in [2.75, 3.05) is 18.6 Å². The average Bonchev–Trinajstić information content (AvgIpc) is 2.62. The molecule has 0 heterocycles. The highest BCUT2D eigenvalue weighted by Crippen LogP contribution is 2.01. The number of amides is 3. The molecule has 0 aliphatic carbocycles. The number of carboxylic acids is 2. The van der Waals surface area contributed by atoms with Crippen molar-refractivity contribution in [2.45, 2.75) is 43.9 Å². The monoisotopic (exact) mass is 422 g/mol. The fourth-order valence-electron chi connectivity index (χ4n) is 1.88. The lowest BCUT2D eigenvalue weighted by Gasteiger charge is -2.23. The number of hydrogen-bond acceptors (Lipinski definition) is 8. The summed E-state index contributed by atoms with van der Waals surface area (Å²) in [5.41, 5.74) is 5.68. The Labute approximate surface area is 165 Å². The molecule has 0 saturated carbocycles. The van der Waals surface area contributed by atoms with Gasteiger partial charge in [-0.15, -0.1) is 0 Å². The Bertz CT molecular complexity index is 588. The molecule has 0 radical (unpaired) electrons. The summed E-state index contributed by atoms with van der Waals surface area (Å²) in [7, 11) is 0. The van der Waals surface area contributed by atoms with Crippen molar-refractivity contribution in [3.05, 3.63) is 0 Å². The molecule has 13 heteroatoms. The van der Waals surface area contributed by atoms with Crippen LogP contribution >= 0.6 is 11.8 Å². The van der Waals surface area contributed by atoms with Crippen LogP contribution in [0.2, 0.25) is 0 Å². The third-order valence-electron chi connectivity index (χ3n) is 3.53. The zero-order valence-electron chi connectivity index (χ0n) is 15.5. The van der Waals surface area contributed by atoms with Crippen LogP contribution in [0, 0.1) is 0 Å². The maximum atomic E-state index is 12.3. The predicted octanol–water partition coefficient (Wildman–Crippen LogP) is -2.91. The standard InChI is InChI=1S/C15H26N4O8S/c1-7(15(26)27)17-14(25)10(6-20)19-13(24)9(5-11(21)22)18-12(23)8(16)3-4-28-2/h7-10,20H,3-6,16H2,1-2H3,(H,17,25)(H,18,23)(H,19,24)(H,21,22)(H,26,27). The Morgan fingerprint density at radius 2 is 1.50 bits per heavy atom. The van der Waals surface area contributed by atoms with E-state index in [2.05, 4.69) is 16.0 Å². The number of carbonyl (C=O) groups is 5. The van der Waals surface area contributed by atoms with Gasteiger partial charge in [0.2, 0.25) is 17.7 Å². The Morgan fingerprint density at radius 1 is 0.964 bits per heavy atom. The van der Waals surface area contributed by atoms with E-state index in [0.717, 1.165) is 0 Å². The van der Waals surface area contributed by atoms with Crippen molar-refractivity contribution >= 4 is 41.4 Å². The molecule has 0 bridgehead atoms. The molecule has 4 unspecified atom stereocenters. The summed E-state index contributed by atoms with van der Waals surface area (Å²) in [6.45, 7) is 0.310. The molecular formula is C15H26N4O8S. The van der Waals surface area contributed by atoms with Gasteiger partial charge in [0.25, 0.3) is 0 Å². The van der Waals surface area contributed by atoms with Gasteiger partial charge in [-0.25, -0.2) is 0 Å². The van der Waals surface area contributed by atoms with Gasteiger partial charge in [0.15, 0.2) is 0 Å². The third-order valence-corrected chi connectivity index (χ3v) is 4.17. The minimum atomic E-state index is -1.54.